The molecule has 2 aromatic rings. The second kappa shape index (κ2) is 10.7. The maximum absolute atomic E-state index is 12.9. The van der Waals surface area contributed by atoms with Crippen LogP contribution in [0.25, 0.3) is 0 Å². The number of aryl methyl sites for hydroxylation is 1. The lowest BCUT2D eigenvalue weighted by atomic mass is 10.0. The van der Waals surface area contributed by atoms with Crippen molar-refractivity contribution in [2.75, 3.05) is 26.2 Å². The van der Waals surface area contributed by atoms with Crippen LogP contribution in [0.1, 0.15) is 45.4 Å². The second-order valence-electron chi connectivity index (χ2n) is 7.66. The number of nitrogens with zero attached hydrogens (tertiary/aromatic N) is 3. The molecule has 0 radical (unpaired) electrons. The molecule has 0 bridgehead atoms. The van der Waals surface area contributed by atoms with Gasteiger partial charge in [-0.15, -0.1) is 36.2 Å². The standard InChI is InChI=1S/C21H28N4OS.2ClH/c1-2-15-3-4-17(23-10-15)12-24-7-6-18-19(14-27-20(18)13-24)21(26)25-8-5-16(9-22)11-25;;/h3-4,10,14,16H,2,5-9,11-13,22H2,1H3;2*1H. The first kappa shape index (κ1) is 24.1. The Morgan fingerprint density at radius 1 is 1.31 bits per heavy atom. The minimum absolute atomic E-state index is 0. The van der Waals surface area contributed by atoms with Gasteiger partial charge in [-0.1, -0.05) is 13.0 Å². The summed E-state index contributed by atoms with van der Waals surface area (Å²) in [6.45, 7) is 7.24. The van der Waals surface area contributed by atoms with Gasteiger partial charge in [-0.05, 0) is 48.9 Å². The highest BCUT2D eigenvalue weighted by molar-refractivity contribution is 7.10. The summed E-state index contributed by atoms with van der Waals surface area (Å²) in [5.41, 5.74) is 10.4. The Morgan fingerprint density at radius 2 is 2.14 bits per heavy atom. The molecular weight excluding hydrogens is 427 g/mol. The maximum atomic E-state index is 12.9. The number of aromatic nitrogens is 1. The van der Waals surface area contributed by atoms with E-state index in [4.69, 9.17) is 5.73 Å². The van der Waals surface area contributed by atoms with E-state index in [1.807, 2.05) is 11.1 Å². The molecule has 8 heteroatoms. The molecule has 4 heterocycles. The maximum Gasteiger partial charge on any atom is 0.254 e. The average molecular weight is 457 g/mol. The molecule has 0 aromatic carbocycles. The Bertz CT molecular complexity index is 812. The topological polar surface area (TPSA) is 62.5 Å². The molecule has 1 amide bonds. The minimum atomic E-state index is 0. The normalized spacial score (nSPS) is 18.7. The lowest BCUT2D eigenvalue weighted by Crippen LogP contribution is -2.33. The molecule has 1 unspecified atom stereocenters. The monoisotopic (exact) mass is 456 g/mol. The van der Waals surface area contributed by atoms with Crippen molar-refractivity contribution >= 4 is 42.1 Å². The zero-order chi connectivity index (χ0) is 18.8. The Kier molecular flexibility index (Phi) is 8.91. The predicted octanol–water partition coefficient (Wildman–Crippen LogP) is 3.53. The van der Waals surface area contributed by atoms with Crippen LogP contribution in [0.3, 0.4) is 0 Å². The largest absolute Gasteiger partial charge is 0.338 e. The van der Waals surface area contributed by atoms with Gasteiger partial charge in [-0.25, -0.2) is 0 Å². The van der Waals surface area contributed by atoms with Gasteiger partial charge in [0.1, 0.15) is 0 Å². The third-order valence-electron chi connectivity index (χ3n) is 5.84. The van der Waals surface area contributed by atoms with Gasteiger partial charge in [0.05, 0.1) is 11.3 Å². The zero-order valence-corrected chi connectivity index (χ0v) is 19.3. The van der Waals surface area contributed by atoms with Crippen LogP contribution in [0.15, 0.2) is 23.7 Å². The summed E-state index contributed by atoms with van der Waals surface area (Å²) in [4.78, 5) is 23.3. The number of carbonyl (C=O) groups is 1. The number of likely N-dealkylation sites (tertiary alicyclic amines) is 1. The molecule has 29 heavy (non-hydrogen) atoms. The molecule has 2 aliphatic rings. The van der Waals surface area contributed by atoms with Gasteiger partial charge in [-0.3, -0.25) is 14.7 Å². The number of thiophene rings is 1. The van der Waals surface area contributed by atoms with Crippen molar-refractivity contribution in [1.29, 1.82) is 0 Å². The molecule has 0 aliphatic carbocycles. The van der Waals surface area contributed by atoms with E-state index in [9.17, 15) is 4.79 Å². The molecule has 4 rings (SSSR count). The van der Waals surface area contributed by atoms with Crippen molar-refractivity contribution in [2.24, 2.45) is 11.7 Å². The van der Waals surface area contributed by atoms with E-state index >= 15 is 0 Å². The van der Waals surface area contributed by atoms with Gasteiger partial charge in [0.15, 0.2) is 0 Å². The molecule has 0 spiro atoms. The molecular formula is C21H30Cl2N4OS. The van der Waals surface area contributed by atoms with Crippen LogP contribution in [0.2, 0.25) is 0 Å². The summed E-state index contributed by atoms with van der Waals surface area (Å²) in [6, 6.07) is 4.31. The van der Waals surface area contributed by atoms with E-state index in [1.54, 1.807) is 11.3 Å². The number of pyridine rings is 1. The fourth-order valence-electron chi connectivity index (χ4n) is 4.06. The minimum Gasteiger partial charge on any atom is -0.338 e. The van der Waals surface area contributed by atoms with Crippen LogP contribution in [0, 0.1) is 5.92 Å². The highest BCUT2D eigenvalue weighted by atomic mass is 35.5. The summed E-state index contributed by atoms with van der Waals surface area (Å²) in [5, 5.41) is 2.07. The smallest absolute Gasteiger partial charge is 0.254 e. The SMILES string of the molecule is CCc1ccc(CN2CCc3c(C(=O)N4CCC(CN)C4)csc3C2)nc1.Cl.Cl. The Hall–Kier alpha value is -1.18. The van der Waals surface area contributed by atoms with Crippen molar-refractivity contribution in [1.82, 2.24) is 14.8 Å². The first-order chi connectivity index (χ1) is 13.2. The number of rotatable bonds is 5. The van der Waals surface area contributed by atoms with Crippen LogP contribution in [0.4, 0.5) is 0 Å². The van der Waals surface area contributed by atoms with Crippen LogP contribution in [0.5, 0.6) is 0 Å². The van der Waals surface area contributed by atoms with Crippen molar-refractivity contribution in [3.8, 4) is 0 Å². The summed E-state index contributed by atoms with van der Waals surface area (Å²) in [6.07, 6.45) is 4.99. The van der Waals surface area contributed by atoms with Gasteiger partial charge < -0.3 is 10.6 Å². The van der Waals surface area contributed by atoms with Crippen LogP contribution >= 0.6 is 36.2 Å². The predicted molar refractivity (Wildman–Crippen MR) is 123 cm³/mol. The summed E-state index contributed by atoms with van der Waals surface area (Å²) >= 11 is 1.73. The molecule has 2 N–H and O–H groups in total. The van der Waals surface area contributed by atoms with Crippen molar-refractivity contribution in [3.63, 3.8) is 0 Å². The Balaban J connectivity index is 0.00000150. The first-order valence-corrected chi connectivity index (χ1v) is 10.8. The summed E-state index contributed by atoms with van der Waals surface area (Å²) < 4.78 is 0. The lowest BCUT2D eigenvalue weighted by Gasteiger charge is -2.27. The summed E-state index contributed by atoms with van der Waals surface area (Å²) in [7, 11) is 0. The Morgan fingerprint density at radius 3 is 2.79 bits per heavy atom. The van der Waals surface area contributed by atoms with Crippen LogP contribution in [-0.2, 0) is 25.9 Å². The van der Waals surface area contributed by atoms with E-state index in [-0.39, 0.29) is 30.7 Å². The second-order valence-corrected chi connectivity index (χ2v) is 8.63. The highest BCUT2D eigenvalue weighted by Crippen LogP contribution is 2.31. The zero-order valence-electron chi connectivity index (χ0n) is 16.8. The number of hydrogen-bond acceptors (Lipinski definition) is 5. The molecule has 1 fully saturated rings. The van der Waals surface area contributed by atoms with Crippen LogP contribution in [-0.4, -0.2) is 46.9 Å². The first-order valence-electron chi connectivity index (χ1n) is 9.92. The van der Waals surface area contributed by atoms with Crippen molar-refractivity contribution in [2.45, 2.75) is 39.3 Å². The van der Waals surface area contributed by atoms with E-state index in [1.165, 1.54) is 16.0 Å². The number of carbonyl (C=O) groups excluding carboxylic acids is 1. The van der Waals surface area contributed by atoms with Gasteiger partial charge in [0.25, 0.3) is 5.91 Å². The van der Waals surface area contributed by atoms with E-state index < -0.39 is 0 Å². The highest BCUT2D eigenvalue weighted by Gasteiger charge is 2.30. The number of fused-ring (bicyclic) bond motifs is 1. The van der Waals surface area contributed by atoms with Crippen LogP contribution < -0.4 is 5.73 Å². The van der Waals surface area contributed by atoms with E-state index in [2.05, 4.69) is 34.3 Å². The molecule has 2 aliphatic heterocycles. The van der Waals surface area contributed by atoms with E-state index in [0.717, 1.165) is 63.2 Å². The number of hydrogen-bond donors (Lipinski definition) is 1. The number of halogens is 2. The third-order valence-corrected chi connectivity index (χ3v) is 6.86. The molecule has 1 atom stereocenters. The third kappa shape index (κ3) is 5.30. The molecule has 0 saturated carbocycles. The molecule has 160 valence electrons. The van der Waals surface area contributed by atoms with Gasteiger partial charge in [0, 0.05) is 49.2 Å². The van der Waals surface area contributed by atoms with Gasteiger partial charge >= 0.3 is 0 Å². The fraction of sp³-hybridized carbons (Fsp3) is 0.524. The van der Waals surface area contributed by atoms with Gasteiger partial charge in [0.2, 0.25) is 0 Å². The van der Waals surface area contributed by atoms with Crippen molar-refractivity contribution in [3.05, 3.63) is 51.0 Å². The van der Waals surface area contributed by atoms with Gasteiger partial charge in [-0.2, -0.15) is 0 Å². The molecule has 5 nitrogen and oxygen atoms in total. The number of amides is 1. The van der Waals surface area contributed by atoms with Crippen molar-refractivity contribution < 1.29 is 4.79 Å². The molecule has 2 aromatic heterocycles. The quantitative estimate of drug-likeness (QED) is 0.746. The number of nitrogens with two attached hydrogens (primary N) is 1. The summed E-state index contributed by atoms with van der Waals surface area (Å²) in [5.74, 6) is 0.666. The van der Waals surface area contributed by atoms with E-state index in [0.29, 0.717) is 12.5 Å². The average Bonchev–Trinajstić information content (AvgIpc) is 3.35. The lowest BCUT2D eigenvalue weighted by molar-refractivity contribution is 0.0786. The molecule has 1 saturated heterocycles. The Labute approximate surface area is 189 Å². The fourth-order valence-corrected chi connectivity index (χ4v) is 5.18.